The molecular weight excluding hydrogens is 411 g/mol. The van der Waals surface area contributed by atoms with Crippen molar-refractivity contribution in [3.63, 3.8) is 0 Å². The number of ether oxygens (including phenoxy) is 3. The molecular formula is C26H25FO5. The maximum atomic E-state index is 14.3. The molecule has 0 aliphatic carbocycles. The van der Waals surface area contributed by atoms with E-state index in [1.54, 1.807) is 30.3 Å². The van der Waals surface area contributed by atoms with Gasteiger partial charge in [0.25, 0.3) is 0 Å². The second-order valence-corrected chi connectivity index (χ2v) is 7.86. The summed E-state index contributed by atoms with van der Waals surface area (Å²) in [5, 5.41) is 0. The van der Waals surface area contributed by atoms with Crippen molar-refractivity contribution in [2.24, 2.45) is 0 Å². The first-order valence-electron chi connectivity index (χ1n) is 10.3. The van der Waals surface area contributed by atoms with Crippen LogP contribution in [0.5, 0.6) is 11.5 Å². The number of esters is 2. The SMILES string of the molecule is CC(C)(CCc1ccccc1)Oc1cc(C(=O)OCC(=O)Oc2ccccc2)ccc1F. The zero-order valence-electron chi connectivity index (χ0n) is 18.0. The third kappa shape index (κ3) is 6.94. The van der Waals surface area contributed by atoms with E-state index >= 15 is 0 Å². The standard InChI is InChI=1S/C26H25FO5/c1-26(2,16-15-19-9-5-3-6-10-19)32-23-17-20(13-14-22(23)27)25(29)30-18-24(28)31-21-11-7-4-8-12-21/h3-14,17H,15-16,18H2,1-2H3. The highest BCUT2D eigenvalue weighted by molar-refractivity contribution is 5.91. The summed E-state index contributed by atoms with van der Waals surface area (Å²) in [6.07, 6.45) is 1.41. The summed E-state index contributed by atoms with van der Waals surface area (Å²) in [6.45, 7) is 3.16. The Bertz CT molecular complexity index is 1050. The molecule has 0 atom stereocenters. The molecule has 166 valence electrons. The Balaban J connectivity index is 1.57. The second-order valence-electron chi connectivity index (χ2n) is 7.86. The van der Waals surface area contributed by atoms with Gasteiger partial charge in [0.2, 0.25) is 0 Å². The van der Waals surface area contributed by atoms with Gasteiger partial charge in [-0.25, -0.2) is 14.0 Å². The zero-order valence-corrected chi connectivity index (χ0v) is 18.0. The van der Waals surface area contributed by atoms with Crippen molar-refractivity contribution in [1.29, 1.82) is 0 Å². The molecule has 0 aromatic heterocycles. The number of hydrogen-bond donors (Lipinski definition) is 0. The summed E-state index contributed by atoms with van der Waals surface area (Å²) in [4.78, 5) is 24.2. The number of rotatable bonds is 9. The van der Waals surface area contributed by atoms with E-state index in [9.17, 15) is 14.0 Å². The molecule has 5 nitrogen and oxygen atoms in total. The lowest BCUT2D eigenvalue weighted by Gasteiger charge is -2.27. The Labute approximate surface area is 186 Å². The van der Waals surface area contributed by atoms with Crippen LogP contribution >= 0.6 is 0 Å². The fraction of sp³-hybridized carbons (Fsp3) is 0.231. The first-order chi connectivity index (χ1) is 15.3. The number of hydrogen-bond acceptors (Lipinski definition) is 5. The van der Waals surface area contributed by atoms with Crippen LogP contribution in [0.25, 0.3) is 0 Å². The number of carbonyl (C=O) groups excluding carboxylic acids is 2. The monoisotopic (exact) mass is 436 g/mol. The van der Waals surface area contributed by atoms with Crippen molar-refractivity contribution in [2.75, 3.05) is 6.61 Å². The number of aryl methyl sites for hydroxylation is 1. The van der Waals surface area contributed by atoms with E-state index in [2.05, 4.69) is 0 Å². The summed E-state index contributed by atoms with van der Waals surface area (Å²) in [7, 11) is 0. The van der Waals surface area contributed by atoms with Crippen LogP contribution in [0.2, 0.25) is 0 Å². The Morgan fingerprint density at radius 2 is 1.56 bits per heavy atom. The van der Waals surface area contributed by atoms with E-state index in [0.717, 1.165) is 18.1 Å². The quantitative estimate of drug-likeness (QED) is 0.333. The van der Waals surface area contributed by atoms with Crippen LogP contribution in [0.15, 0.2) is 78.9 Å². The van der Waals surface area contributed by atoms with Crippen molar-refractivity contribution in [1.82, 2.24) is 0 Å². The van der Waals surface area contributed by atoms with E-state index < -0.39 is 30.0 Å². The van der Waals surface area contributed by atoms with E-state index in [-0.39, 0.29) is 11.3 Å². The lowest BCUT2D eigenvalue weighted by Crippen LogP contribution is -2.29. The summed E-state index contributed by atoms with van der Waals surface area (Å²) in [5.41, 5.74) is 0.566. The van der Waals surface area contributed by atoms with Crippen molar-refractivity contribution in [2.45, 2.75) is 32.3 Å². The molecule has 0 radical (unpaired) electrons. The minimum Gasteiger partial charge on any atom is -0.485 e. The summed E-state index contributed by atoms with van der Waals surface area (Å²) in [6, 6.07) is 22.1. The van der Waals surface area contributed by atoms with Crippen molar-refractivity contribution in [3.8, 4) is 11.5 Å². The highest BCUT2D eigenvalue weighted by Crippen LogP contribution is 2.27. The van der Waals surface area contributed by atoms with Gasteiger partial charge in [-0.1, -0.05) is 48.5 Å². The minimum atomic E-state index is -0.776. The smallest absolute Gasteiger partial charge is 0.349 e. The molecule has 32 heavy (non-hydrogen) atoms. The summed E-state index contributed by atoms with van der Waals surface area (Å²) in [5.74, 6) is -1.78. The van der Waals surface area contributed by atoms with Crippen LogP contribution < -0.4 is 9.47 Å². The van der Waals surface area contributed by atoms with E-state index in [1.807, 2.05) is 44.2 Å². The number of halogens is 1. The van der Waals surface area contributed by atoms with Gasteiger partial charge < -0.3 is 14.2 Å². The molecule has 0 saturated heterocycles. The molecule has 0 aliphatic heterocycles. The van der Waals surface area contributed by atoms with Crippen LogP contribution in [-0.4, -0.2) is 24.1 Å². The number of para-hydroxylation sites is 1. The third-order valence-electron chi connectivity index (χ3n) is 4.71. The van der Waals surface area contributed by atoms with Gasteiger partial charge in [0.15, 0.2) is 18.2 Å². The molecule has 3 aromatic carbocycles. The first-order valence-corrected chi connectivity index (χ1v) is 10.3. The molecule has 0 aliphatic rings. The highest BCUT2D eigenvalue weighted by atomic mass is 19.1. The summed E-state index contributed by atoms with van der Waals surface area (Å²) >= 11 is 0. The topological polar surface area (TPSA) is 61.8 Å². The molecule has 3 rings (SSSR count). The normalized spacial score (nSPS) is 11.0. The third-order valence-corrected chi connectivity index (χ3v) is 4.71. The van der Waals surface area contributed by atoms with Crippen LogP contribution in [-0.2, 0) is 16.0 Å². The molecule has 0 unspecified atom stereocenters. The minimum absolute atomic E-state index is 0.0515. The fourth-order valence-electron chi connectivity index (χ4n) is 3.00. The average Bonchev–Trinajstić information content (AvgIpc) is 2.79. The van der Waals surface area contributed by atoms with Crippen molar-refractivity contribution >= 4 is 11.9 Å². The Morgan fingerprint density at radius 1 is 0.906 bits per heavy atom. The maximum Gasteiger partial charge on any atom is 0.349 e. The zero-order chi connectivity index (χ0) is 23.0. The predicted octanol–water partition coefficient (Wildman–Crippen LogP) is 5.38. The molecule has 0 fully saturated rings. The van der Waals surface area contributed by atoms with Crippen LogP contribution in [0.4, 0.5) is 4.39 Å². The van der Waals surface area contributed by atoms with Gasteiger partial charge in [0.1, 0.15) is 11.4 Å². The van der Waals surface area contributed by atoms with Crippen molar-refractivity contribution < 1.29 is 28.2 Å². The predicted molar refractivity (Wildman–Crippen MR) is 118 cm³/mol. The first kappa shape index (κ1) is 23.0. The maximum absolute atomic E-state index is 14.3. The molecule has 0 spiro atoms. The van der Waals surface area contributed by atoms with Crippen molar-refractivity contribution in [3.05, 3.63) is 95.8 Å². The average molecular weight is 436 g/mol. The van der Waals surface area contributed by atoms with Gasteiger partial charge in [0.05, 0.1) is 5.56 Å². The van der Waals surface area contributed by atoms with E-state index in [1.165, 1.54) is 12.1 Å². The molecule has 0 saturated carbocycles. The lowest BCUT2D eigenvalue weighted by atomic mass is 9.98. The number of carbonyl (C=O) groups is 2. The van der Waals surface area contributed by atoms with Gasteiger partial charge in [-0.2, -0.15) is 0 Å². The fourth-order valence-corrected chi connectivity index (χ4v) is 3.00. The van der Waals surface area contributed by atoms with Gasteiger partial charge in [-0.3, -0.25) is 0 Å². The Morgan fingerprint density at radius 3 is 2.25 bits per heavy atom. The summed E-state index contributed by atoms with van der Waals surface area (Å²) < 4.78 is 30.3. The Hall–Kier alpha value is -3.67. The molecule has 0 N–H and O–H groups in total. The van der Waals surface area contributed by atoms with Crippen LogP contribution in [0.1, 0.15) is 36.2 Å². The van der Waals surface area contributed by atoms with Crippen LogP contribution in [0, 0.1) is 5.82 Å². The molecule has 3 aromatic rings. The lowest BCUT2D eigenvalue weighted by molar-refractivity contribution is -0.137. The largest absolute Gasteiger partial charge is 0.485 e. The number of benzene rings is 3. The van der Waals surface area contributed by atoms with Gasteiger partial charge in [-0.05, 0) is 62.6 Å². The van der Waals surface area contributed by atoms with Gasteiger partial charge >= 0.3 is 11.9 Å². The molecule has 0 heterocycles. The van der Waals surface area contributed by atoms with Gasteiger partial charge in [-0.15, -0.1) is 0 Å². The highest BCUT2D eigenvalue weighted by Gasteiger charge is 2.23. The van der Waals surface area contributed by atoms with Crippen LogP contribution in [0.3, 0.4) is 0 Å². The van der Waals surface area contributed by atoms with E-state index in [4.69, 9.17) is 14.2 Å². The Kier molecular flexibility index (Phi) is 7.60. The molecule has 0 bridgehead atoms. The molecule has 0 amide bonds. The molecule has 6 heteroatoms. The van der Waals surface area contributed by atoms with E-state index in [0.29, 0.717) is 12.2 Å². The second kappa shape index (κ2) is 10.6. The van der Waals surface area contributed by atoms with Gasteiger partial charge in [0, 0.05) is 0 Å².